The molecule has 0 radical (unpaired) electrons. The minimum Gasteiger partial charge on any atom is -0.379 e. The summed E-state index contributed by atoms with van der Waals surface area (Å²) < 4.78 is 21.2. The lowest BCUT2D eigenvalue weighted by Gasteiger charge is -2.26. The van der Waals surface area contributed by atoms with Crippen LogP contribution in [0.25, 0.3) is 16.9 Å². The molecule has 6 nitrogen and oxygen atoms in total. The van der Waals surface area contributed by atoms with Crippen molar-refractivity contribution in [1.82, 2.24) is 20.0 Å². The van der Waals surface area contributed by atoms with Gasteiger partial charge in [0.15, 0.2) is 0 Å². The van der Waals surface area contributed by atoms with E-state index in [1.807, 2.05) is 30.3 Å². The summed E-state index contributed by atoms with van der Waals surface area (Å²) in [6.45, 7) is 4.47. The van der Waals surface area contributed by atoms with Crippen LogP contribution in [0, 0.1) is 5.82 Å². The van der Waals surface area contributed by atoms with Gasteiger partial charge in [-0.25, -0.2) is 9.07 Å². The SMILES string of the molecule is O=C(NCCN1CCOCC1)c1cc(-c2ccccc2F)nn1-c1ccccc1. The zero-order chi connectivity index (χ0) is 20.1. The number of aromatic nitrogens is 2. The Hall–Kier alpha value is -3.03. The van der Waals surface area contributed by atoms with E-state index >= 15 is 0 Å². The normalized spacial score (nSPS) is 14.7. The van der Waals surface area contributed by atoms with Crippen LogP contribution in [0.3, 0.4) is 0 Å². The van der Waals surface area contributed by atoms with E-state index in [9.17, 15) is 9.18 Å². The predicted molar refractivity (Wildman–Crippen MR) is 109 cm³/mol. The van der Waals surface area contributed by atoms with E-state index in [4.69, 9.17) is 4.74 Å². The number of hydrogen-bond acceptors (Lipinski definition) is 4. The summed E-state index contributed by atoms with van der Waals surface area (Å²) in [7, 11) is 0. The van der Waals surface area contributed by atoms with Gasteiger partial charge in [0.1, 0.15) is 11.5 Å². The van der Waals surface area contributed by atoms with Gasteiger partial charge in [-0.1, -0.05) is 30.3 Å². The van der Waals surface area contributed by atoms with Gasteiger partial charge in [0.2, 0.25) is 0 Å². The summed E-state index contributed by atoms with van der Waals surface area (Å²) in [4.78, 5) is 15.2. The minimum atomic E-state index is -0.371. The van der Waals surface area contributed by atoms with Crippen molar-refractivity contribution in [3.8, 4) is 16.9 Å². The van der Waals surface area contributed by atoms with E-state index in [1.54, 1.807) is 28.9 Å². The topological polar surface area (TPSA) is 59.4 Å². The number of nitrogens with one attached hydrogen (secondary N) is 1. The van der Waals surface area contributed by atoms with Crippen LogP contribution in [0.15, 0.2) is 60.7 Å². The number of benzene rings is 2. The molecule has 1 aromatic heterocycles. The van der Waals surface area contributed by atoms with E-state index < -0.39 is 0 Å². The molecule has 7 heteroatoms. The molecule has 1 aliphatic heterocycles. The molecule has 0 spiro atoms. The second kappa shape index (κ2) is 8.98. The van der Waals surface area contributed by atoms with Gasteiger partial charge < -0.3 is 10.1 Å². The first kappa shape index (κ1) is 19.3. The third kappa shape index (κ3) is 4.52. The summed E-state index contributed by atoms with van der Waals surface area (Å²) in [6, 6.07) is 17.4. The van der Waals surface area contributed by atoms with Crippen molar-refractivity contribution in [3.05, 3.63) is 72.2 Å². The number of rotatable bonds is 6. The highest BCUT2D eigenvalue weighted by Gasteiger charge is 2.19. The fourth-order valence-corrected chi connectivity index (χ4v) is 3.35. The lowest BCUT2D eigenvalue weighted by Crippen LogP contribution is -2.41. The smallest absolute Gasteiger partial charge is 0.270 e. The summed E-state index contributed by atoms with van der Waals surface area (Å²) >= 11 is 0. The Morgan fingerprint density at radius 2 is 1.79 bits per heavy atom. The monoisotopic (exact) mass is 394 g/mol. The molecule has 1 fully saturated rings. The number of morpholine rings is 1. The van der Waals surface area contributed by atoms with Crippen LogP contribution in [0.1, 0.15) is 10.5 Å². The highest BCUT2D eigenvalue weighted by Crippen LogP contribution is 2.24. The van der Waals surface area contributed by atoms with Crippen molar-refractivity contribution in [2.75, 3.05) is 39.4 Å². The summed E-state index contributed by atoms with van der Waals surface area (Å²) in [6.07, 6.45) is 0. The Bertz CT molecular complexity index is 968. The highest BCUT2D eigenvalue weighted by atomic mass is 19.1. The van der Waals surface area contributed by atoms with Crippen LogP contribution >= 0.6 is 0 Å². The standard InChI is InChI=1S/C22H23FN4O2/c23-19-9-5-4-8-18(19)20-16-21(27(25-20)17-6-2-1-3-7-17)22(28)24-10-11-26-12-14-29-15-13-26/h1-9,16H,10-15H2,(H,24,28). The second-order valence-electron chi connectivity index (χ2n) is 6.85. The molecular weight excluding hydrogens is 371 g/mol. The molecule has 0 unspecified atom stereocenters. The average Bonchev–Trinajstić information content (AvgIpc) is 3.21. The Labute approximate surface area is 168 Å². The van der Waals surface area contributed by atoms with Crippen molar-refractivity contribution in [2.24, 2.45) is 0 Å². The molecule has 0 aliphatic carbocycles. The number of para-hydroxylation sites is 1. The van der Waals surface area contributed by atoms with Crippen LogP contribution in [-0.2, 0) is 4.74 Å². The van der Waals surface area contributed by atoms with Crippen molar-refractivity contribution < 1.29 is 13.9 Å². The molecule has 3 aromatic rings. The number of halogens is 1. The molecule has 0 saturated carbocycles. The number of amides is 1. The van der Waals surface area contributed by atoms with Crippen LogP contribution in [0.2, 0.25) is 0 Å². The first-order valence-corrected chi connectivity index (χ1v) is 9.71. The van der Waals surface area contributed by atoms with Crippen molar-refractivity contribution >= 4 is 5.91 Å². The van der Waals surface area contributed by atoms with Crippen LogP contribution in [0.5, 0.6) is 0 Å². The van der Waals surface area contributed by atoms with Crippen LogP contribution in [0.4, 0.5) is 4.39 Å². The number of carbonyl (C=O) groups excluding carboxylic acids is 1. The van der Waals surface area contributed by atoms with E-state index in [1.165, 1.54) is 6.07 Å². The minimum absolute atomic E-state index is 0.239. The zero-order valence-corrected chi connectivity index (χ0v) is 16.1. The first-order chi connectivity index (χ1) is 14.2. The molecule has 1 N–H and O–H groups in total. The third-order valence-electron chi connectivity index (χ3n) is 4.91. The number of nitrogens with zero attached hydrogens (tertiary/aromatic N) is 3. The van der Waals surface area contributed by atoms with Gasteiger partial charge in [-0.3, -0.25) is 9.69 Å². The molecule has 1 saturated heterocycles. The molecular formula is C22H23FN4O2. The van der Waals surface area contributed by atoms with Gasteiger partial charge in [0.05, 0.1) is 24.6 Å². The summed E-state index contributed by atoms with van der Waals surface area (Å²) in [5.74, 6) is -0.610. The molecule has 150 valence electrons. The van der Waals surface area contributed by atoms with Gasteiger partial charge in [-0.05, 0) is 30.3 Å². The van der Waals surface area contributed by atoms with E-state index in [0.29, 0.717) is 23.5 Å². The second-order valence-corrected chi connectivity index (χ2v) is 6.85. The fraction of sp³-hybridized carbons (Fsp3) is 0.273. The first-order valence-electron chi connectivity index (χ1n) is 9.71. The summed E-state index contributed by atoms with van der Waals surface area (Å²) in [5, 5.41) is 7.48. The number of ether oxygens (including phenoxy) is 1. The Balaban J connectivity index is 1.57. The molecule has 0 atom stereocenters. The summed E-state index contributed by atoms with van der Waals surface area (Å²) in [5.41, 5.74) is 1.90. The largest absolute Gasteiger partial charge is 0.379 e. The van der Waals surface area contributed by atoms with Crippen molar-refractivity contribution in [1.29, 1.82) is 0 Å². The maximum Gasteiger partial charge on any atom is 0.270 e. The zero-order valence-electron chi connectivity index (χ0n) is 16.1. The maximum atomic E-state index is 14.3. The van der Waals surface area contributed by atoms with Crippen LogP contribution in [-0.4, -0.2) is 60.0 Å². The maximum absolute atomic E-state index is 14.3. The quantitative estimate of drug-likeness (QED) is 0.699. The van der Waals surface area contributed by atoms with E-state index in [-0.39, 0.29) is 11.7 Å². The lowest BCUT2D eigenvalue weighted by atomic mass is 10.1. The molecule has 1 aliphatic rings. The van der Waals surface area contributed by atoms with Gasteiger partial charge in [-0.2, -0.15) is 5.10 Å². The Morgan fingerprint density at radius 3 is 2.55 bits per heavy atom. The Morgan fingerprint density at radius 1 is 1.07 bits per heavy atom. The van der Waals surface area contributed by atoms with E-state index in [0.717, 1.165) is 38.5 Å². The molecule has 1 amide bonds. The molecule has 4 rings (SSSR count). The van der Waals surface area contributed by atoms with Gasteiger partial charge in [-0.15, -0.1) is 0 Å². The average molecular weight is 394 g/mol. The van der Waals surface area contributed by atoms with Gasteiger partial charge in [0.25, 0.3) is 5.91 Å². The van der Waals surface area contributed by atoms with Gasteiger partial charge >= 0.3 is 0 Å². The van der Waals surface area contributed by atoms with E-state index in [2.05, 4.69) is 15.3 Å². The lowest BCUT2D eigenvalue weighted by molar-refractivity contribution is 0.0383. The fourth-order valence-electron chi connectivity index (χ4n) is 3.35. The highest BCUT2D eigenvalue weighted by molar-refractivity contribution is 5.94. The number of hydrogen-bond donors (Lipinski definition) is 1. The predicted octanol–water partition coefficient (Wildman–Crippen LogP) is 2.74. The van der Waals surface area contributed by atoms with Crippen LogP contribution < -0.4 is 5.32 Å². The Kier molecular flexibility index (Phi) is 5.97. The molecule has 2 heterocycles. The van der Waals surface area contributed by atoms with Gasteiger partial charge in [0, 0.05) is 31.7 Å². The molecule has 29 heavy (non-hydrogen) atoms. The molecule has 0 bridgehead atoms. The third-order valence-corrected chi connectivity index (χ3v) is 4.91. The number of carbonyl (C=O) groups is 1. The molecule has 2 aromatic carbocycles. The van der Waals surface area contributed by atoms with Crippen molar-refractivity contribution in [3.63, 3.8) is 0 Å². The van der Waals surface area contributed by atoms with Crippen molar-refractivity contribution in [2.45, 2.75) is 0 Å².